The Morgan fingerprint density at radius 3 is 2.58 bits per heavy atom. The smallest absolute Gasteiger partial charge is 0.282 e. The summed E-state index contributed by atoms with van der Waals surface area (Å²) in [6, 6.07) is 5.20. The molecular formula is C11H7BrF3N3O. The number of carbonyl (C=O) groups is 1. The van der Waals surface area contributed by atoms with Gasteiger partial charge in [-0.15, -0.1) is 5.10 Å². The van der Waals surface area contributed by atoms with Crippen molar-refractivity contribution < 1.29 is 18.0 Å². The molecule has 0 aliphatic rings. The van der Waals surface area contributed by atoms with Gasteiger partial charge in [-0.2, -0.15) is 13.2 Å². The van der Waals surface area contributed by atoms with Crippen LogP contribution in [0.4, 0.5) is 13.2 Å². The summed E-state index contributed by atoms with van der Waals surface area (Å²) in [5.74, 6) is -2.01. The van der Waals surface area contributed by atoms with E-state index >= 15 is 0 Å². The van der Waals surface area contributed by atoms with E-state index in [0.29, 0.717) is 5.69 Å². The molecule has 0 atom stereocenters. The van der Waals surface area contributed by atoms with Gasteiger partial charge in [-0.1, -0.05) is 21.1 Å². The molecule has 0 unspecified atom stereocenters. The van der Waals surface area contributed by atoms with Crippen molar-refractivity contribution in [2.45, 2.75) is 13.1 Å². The molecule has 0 radical (unpaired) electrons. The lowest BCUT2D eigenvalue weighted by atomic mass is 10.2. The van der Waals surface area contributed by atoms with Gasteiger partial charge in [-0.25, -0.2) is 4.68 Å². The van der Waals surface area contributed by atoms with Crippen molar-refractivity contribution in [3.63, 3.8) is 0 Å². The molecule has 1 heterocycles. The number of rotatable bonds is 2. The molecule has 19 heavy (non-hydrogen) atoms. The Hall–Kier alpha value is -1.70. The minimum absolute atomic E-state index is 0.514. The summed E-state index contributed by atoms with van der Waals surface area (Å²) < 4.78 is 38.6. The SMILES string of the molecule is Cc1cc(Br)cc(-n2cc(C(=O)C(F)(F)F)nn2)c1. The highest BCUT2D eigenvalue weighted by Gasteiger charge is 2.41. The molecule has 8 heteroatoms. The Kier molecular flexibility index (Phi) is 3.44. The van der Waals surface area contributed by atoms with E-state index in [1.165, 1.54) is 0 Å². The second-order valence-corrected chi connectivity index (χ2v) is 4.78. The molecule has 0 bridgehead atoms. The van der Waals surface area contributed by atoms with Crippen LogP contribution in [0.5, 0.6) is 0 Å². The van der Waals surface area contributed by atoms with Crippen molar-refractivity contribution in [2.24, 2.45) is 0 Å². The summed E-state index contributed by atoms with van der Waals surface area (Å²) in [6.07, 6.45) is -3.99. The van der Waals surface area contributed by atoms with E-state index in [-0.39, 0.29) is 0 Å². The van der Waals surface area contributed by atoms with E-state index in [0.717, 1.165) is 20.9 Å². The topological polar surface area (TPSA) is 47.8 Å². The molecule has 0 amide bonds. The summed E-state index contributed by atoms with van der Waals surface area (Å²) in [4.78, 5) is 11.0. The fraction of sp³-hybridized carbons (Fsp3) is 0.182. The van der Waals surface area contributed by atoms with Gasteiger partial charge >= 0.3 is 6.18 Å². The fourth-order valence-electron chi connectivity index (χ4n) is 1.49. The molecule has 0 saturated carbocycles. The monoisotopic (exact) mass is 333 g/mol. The molecule has 0 fully saturated rings. The minimum atomic E-state index is -4.95. The van der Waals surface area contributed by atoms with Crippen molar-refractivity contribution in [3.05, 3.63) is 40.1 Å². The van der Waals surface area contributed by atoms with E-state index in [1.54, 1.807) is 12.1 Å². The van der Waals surface area contributed by atoms with Crippen LogP contribution in [0.25, 0.3) is 5.69 Å². The fourth-order valence-corrected chi connectivity index (χ4v) is 2.08. The molecule has 100 valence electrons. The second-order valence-electron chi connectivity index (χ2n) is 3.86. The van der Waals surface area contributed by atoms with Crippen LogP contribution in [0.1, 0.15) is 16.1 Å². The zero-order valence-electron chi connectivity index (χ0n) is 9.57. The molecule has 0 aliphatic carbocycles. The third-order valence-electron chi connectivity index (χ3n) is 2.27. The average molecular weight is 334 g/mol. The quantitative estimate of drug-likeness (QED) is 0.793. The Morgan fingerprint density at radius 1 is 1.32 bits per heavy atom. The number of nitrogens with zero attached hydrogens (tertiary/aromatic N) is 3. The molecule has 0 spiro atoms. The molecule has 0 saturated heterocycles. The summed E-state index contributed by atoms with van der Waals surface area (Å²) >= 11 is 3.27. The maximum Gasteiger partial charge on any atom is 0.456 e. The van der Waals surface area contributed by atoms with E-state index in [4.69, 9.17) is 0 Å². The predicted octanol–water partition coefficient (Wildman–Crippen LogP) is 3.08. The van der Waals surface area contributed by atoms with Gasteiger partial charge < -0.3 is 0 Å². The van der Waals surface area contributed by atoms with Crippen molar-refractivity contribution >= 4 is 21.7 Å². The summed E-state index contributed by atoms with van der Waals surface area (Å²) in [7, 11) is 0. The summed E-state index contributed by atoms with van der Waals surface area (Å²) in [5, 5.41) is 6.77. The number of hydrogen-bond donors (Lipinski definition) is 0. The summed E-state index contributed by atoms with van der Waals surface area (Å²) in [6.45, 7) is 1.83. The van der Waals surface area contributed by atoms with Gasteiger partial charge in [-0.05, 0) is 30.7 Å². The largest absolute Gasteiger partial charge is 0.456 e. The Labute approximate surface area is 114 Å². The number of ketones is 1. The lowest BCUT2D eigenvalue weighted by molar-refractivity contribution is -0.0888. The number of aryl methyl sites for hydroxylation is 1. The maximum atomic E-state index is 12.2. The van der Waals surface area contributed by atoms with Crippen LogP contribution in [-0.2, 0) is 0 Å². The number of alkyl halides is 3. The first kappa shape index (κ1) is 13.7. The van der Waals surface area contributed by atoms with E-state index in [1.807, 2.05) is 13.0 Å². The summed E-state index contributed by atoms with van der Waals surface area (Å²) in [5.41, 5.74) is 0.675. The number of Topliss-reactive ketones (excluding diaryl/α,β-unsaturated/α-hetero) is 1. The zero-order chi connectivity index (χ0) is 14.2. The average Bonchev–Trinajstić information content (AvgIpc) is 2.74. The van der Waals surface area contributed by atoms with Crippen molar-refractivity contribution in [3.8, 4) is 5.69 Å². The number of halogens is 4. The van der Waals surface area contributed by atoms with Gasteiger partial charge in [0.25, 0.3) is 5.78 Å². The predicted molar refractivity (Wildman–Crippen MR) is 64.2 cm³/mol. The zero-order valence-corrected chi connectivity index (χ0v) is 11.2. The highest BCUT2D eigenvalue weighted by atomic mass is 79.9. The van der Waals surface area contributed by atoms with Crippen LogP contribution in [-0.4, -0.2) is 27.0 Å². The van der Waals surface area contributed by atoms with Gasteiger partial charge in [0.15, 0.2) is 5.69 Å². The second kappa shape index (κ2) is 4.76. The Bertz CT molecular complexity index is 616. The highest BCUT2D eigenvalue weighted by molar-refractivity contribution is 9.10. The Morgan fingerprint density at radius 2 is 2.00 bits per heavy atom. The first-order chi connectivity index (χ1) is 8.77. The van der Waals surface area contributed by atoms with E-state index in [2.05, 4.69) is 26.2 Å². The van der Waals surface area contributed by atoms with Gasteiger partial charge in [0.05, 0.1) is 11.9 Å². The number of hydrogen-bond acceptors (Lipinski definition) is 3. The van der Waals surface area contributed by atoms with Crippen LogP contribution >= 0.6 is 15.9 Å². The van der Waals surface area contributed by atoms with Crippen LogP contribution < -0.4 is 0 Å². The Balaban J connectivity index is 2.38. The van der Waals surface area contributed by atoms with Gasteiger partial charge in [0, 0.05) is 4.47 Å². The van der Waals surface area contributed by atoms with Gasteiger partial charge in [0.2, 0.25) is 0 Å². The first-order valence-corrected chi connectivity index (χ1v) is 5.88. The van der Waals surface area contributed by atoms with Crippen LogP contribution in [0.2, 0.25) is 0 Å². The van der Waals surface area contributed by atoms with E-state index < -0.39 is 17.7 Å². The third kappa shape index (κ3) is 3.01. The number of benzene rings is 1. The molecule has 4 nitrogen and oxygen atoms in total. The van der Waals surface area contributed by atoms with Crippen molar-refractivity contribution in [2.75, 3.05) is 0 Å². The molecule has 1 aromatic carbocycles. The van der Waals surface area contributed by atoms with Gasteiger partial charge in [-0.3, -0.25) is 4.79 Å². The molecule has 1 aromatic heterocycles. The molecule has 2 rings (SSSR count). The van der Waals surface area contributed by atoms with Gasteiger partial charge in [0.1, 0.15) is 0 Å². The maximum absolute atomic E-state index is 12.2. The molecule has 0 N–H and O–H groups in total. The number of aromatic nitrogens is 3. The minimum Gasteiger partial charge on any atom is -0.282 e. The molecule has 0 aliphatic heterocycles. The lowest BCUT2D eigenvalue weighted by Crippen LogP contribution is -2.23. The third-order valence-corrected chi connectivity index (χ3v) is 2.73. The molecule has 2 aromatic rings. The van der Waals surface area contributed by atoms with Crippen molar-refractivity contribution in [1.29, 1.82) is 0 Å². The number of carbonyl (C=O) groups excluding carboxylic acids is 1. The van der Waals surface area contributed by atoms with E-state index in [9.17, 15) is 18.0 Å². The standard InChI is InChI=1S/C11H7BrF3N3O/c1-6-2-7(12)4-8(3-6)18-5-9(16-17-18)10(19)11(13,14)15/h2-5H,1H3. The molecular weight excluding hydrogens is 327 g/mol. The van der Waals surface area contributed by atoms with Crippen LogP contribution in [0.3, 0.4) is 0 Å². The normalized spacial score (nSPS) is 11.6. The van der Waals surface area contributed by atoms with Crippen LogP contribution in [0, 0.1) is 6.92 Å². The van der Waals surface area contributed by atoms with Crippen LogP contribution in [0.15, 0.2) is 28.9 Å². The van der Waals surface area contributed by atoms with Crippen molar-refractivity contribution in [1.82, 2.24) is 15.0 Å². The first-order valence-electron chi connectivity index (χ1n) is 5.09. The highest BCUT2D eigenvalue weighted by Crippen LogP contribution is 2.22. The lowest BCUT2D eigenvalue weighted by Gasteiger charge is -2.03.